The Morgan fingerprint density at radius 2 is 1.80 bits per heavy atom. The summed E-state index contributed by atoms with van der Waals surface area (Å²) in [7, 11) is 0. The Kier molecular flexibility index (Phi) is 6.69. The SMILES string of the molecule is CSCc1nn(-c2cc(Cl)c(Oc3cc(C(C)C)c(=O)[nH]n3)c(Cl)c2)c(=O)[nH]c1=O. The molecule has 0 amide bonds. The van der Waals surface area contributed by atoms with Crippen LogP contribution in [0.2, 0.25) is 10.0 Å². The van der Waals surface area contributed by atoms with Crippen molar-refractivity contribution in [2.75, 3.05) is 6.26 Å². The molecule has 0 aliphatic heterocycles. The second-order valence-electron chi connectivity index (χ2n) is 6.54. The number of thioether (sulfide) groups is 1. The van der Waals surface area contributed by atoms with Gasteiger partial charge in [0.25, 0.3) is 11.1 Å². The third kappa shape index (κ3) is 4.61. The van der Waals surface area contributed by atoms with E-state index < -0.39 is 11.2 Å². The molecular weight excluding hydrogens is 453 g/mol. The first-order valence-corrected chi connectivity index (χ1v) is 10.8. The molecule has 30 heavy (non-hydrogen) atoms. The van der Waals surface area contributed by atoms with E-state index in [9.17, 15) is 14.4 Å². The van der Waals surface area contributed by atoms with Crippen molar-refractivity contribution in [2.24, 2.45) is 0 Å². The van der Waals surface area contributed by atoms with E-state index in [0.717, 1.165) is 4.68 Å². The van der Waals surface area contributed by atoms with Gasteiger partial charge in [-0.05, 0) is 24.3 Å². The molecule has 1 aromatic carbocycles. The lowest BCUT2D eigenvalue weighted by Crippen LogP contribution is -2.33. The molecule has 2 N–H and O–H groups in total. The summed E-state index contributed by atoms with van der Waals surface area (Å²) in [4.78, 5) is 38.1. The second-order valence-corrected chi connectivity index (χ2v) is 8.22. The Morgan fingerprint density at radius 3 is 2.40 bits per heavy atom. The normalized spacial score (nSPS) is 11.1. The van der Waals surface area contributed by atoms with Crippen LogP contribution in [0.25, 0.3) is 5.69 Å². The van der Waals surface area contributed by atoms with Crippen molar-refractivity contribution in [3.63, 3.8) is 0 Å². The average molecular weight is 470 g/mol. The van der Waals surface area contributed by atoms with Crippen molar-refractivity contribution in [2.45, 2.75) is 25.5 Å². The van der Waals surface area contributed by atoms with E-state index >= 15 is 0 Å². The number of H-pyrrole nitrogens is 2. The predicted octanol–water partition coefficient (Wildman–Crippen LogP) is 3.09. The molecule has 3 aromatic rings. The molecule has 0 spiro atoms. The summed E-state index contributed by atoms with van der Waals surface area (Å²) in [6.07, 6.45) is 1.81. The van der Waals surface area contributed by atoms with Gasteiger partial charge in [0, 0.05) is 17.4 Å². The topological polar surface area (TPSA) is 123 Å². The first-order chi connectivity index (χ1) is 14.2. The van der Waals surface area contributed by atoms with Crippen LogP contribution < -0.4 is 21.5 Å². The maximum Gasteiger partial charge on any atom is 0.349 e. The smallest absolute Gasteiger partial charge is 0.349 e. The van der Waals surface area contributed by atoms with Crippen molar-refractivity contribution in [1.29, 1.82) is 0 Å². The van der Waals surface area contributed by atoms with E-state index in [4.69, 9.17) is 27.9 Å². The van der Waals surface area contributed by atoms with Crippen LogP contribution in [0.3, 0.4) is 0 Å². The highest BCUT2D eigenvalue weighted by Crippen LogP contribution is 2.37. The van der Waals surface area contributed by atoms with Gasteiger partial charge in [0.15, 0.2) is 5.75 Å². The molecule has 2 aromatic heterocycles. The summed E-state index contributed by atoms with van der Waals surface area (Å²) in [6, 6.07) is 4.35. The highest BCUT2D eigenvalue weighted by atomic mass is 35.5. The monoisotopic (exact) mass is 469 g/mol. The number of hydrogen-bond acceptors (Lipinski definition) is 7. The third-order valence-electron chi connectivity index (χ3n) is 4.04. The minimum Gasteiger partial charge on any atom is -0.434 e. The number of benzene rings is 1. The Morgan fingerprint density at radius 1 is 1.13 bits per heavy atom. The van der Waals surface area contributed by atoms with Crippen LogP contribution in [-0.2, 0) is 5.75 Å². The van der Waals surface area contributed by atoms with Crippen molar-refractivity contribution in [3.05, 3.63) is 70.7 Å². The summed E-state index contributed by atoms with van der Waals surface area (Å²) in [5.41, 5.74) is -0.655. The number of halogens is 2. The maximum atomic E-state index is 12.2. The first-order valence-electron chi connectivity index (χ1n) is 8.69. The van der Waals surface area contributed by atoms with E-state index in [2.05, 4.69) is 20.3 Å². The molecule has 9 nitrogen and oxygen atoms in total. The highest BCUT2D eigenvalue weighted by Gasteiger charge is 2.16. The fourth-order valence-electron chi connectivity index (χ4n) is 2.59. The second kappa shape index (κ2) is 9.07. The maximum absolute atomic E-state index is 12.2. The van der Waals surface area contributed by atoms with Gasteiger partial charge in [0.2, 0.25) is 5.88 Å². The largest absolute Gasteiger partial charge is 0.434 e. The van der Waals surface area contributed by atoms with Crippen LogP contribution in [0.1, 0.15) is 31.0 Å². The van der Waals surface area contributed by atoms with Crippen LogP contribution in [0.4, 0.5) is 0 Å². The van der Waals surface area contributed by atoms with Gasteiger partial charge < -0.3 is 4.74 Å². The van der Waals surface area contributed by atoms with Crippen molar-refractivity contribution in [3.8, 4) is 17.3 Å². The molecule has 0 saturated heterocycles. The van der Waals surface area contributed by atoms with Gasteiger partial charge in [-0.2, -0.15) is 21.5 Å². The lowest BCUT2D eigenvalue weighted by Gasteiger charge is -2.12. The summed E-state index contributed by atoms with van der Waals surface area (Å²) in [5, 5.41) is 10.5. The Bertz CT molecular complexity index is 1250. The Hall–Kier alpha value is -2.56. The summed E-state index contributed by atoms with van der Waals surface area (Å²) < 4.78 is 6.68. The molecule has 2 heterocycles. The van der Waals surface area contributed by atoms with E-state index in [1.165, 1.54) is 30.0 Å². The lowest BCUT2D eigenvalue weighted by molar-refractivity contribution is 0.452. The van der Waals surface area contributed by atoms with Gasteiger partial charge in [-0.25, -0.2) is 9.89 Å². The van der Waals surface area contributed by atoms with E-state index in [0.29, 0.717) is 11.3 Å². The molecule has 0 radical (unpaired) electrons. The zero-order valence-electron chi connectivity index (χ0n) is 16.2. The van der Waals surface area contributed by atoms with Gasteiger partial charge in [-0.3, -0.25) is 14.6 Å². The molecule has 0 bridgehead atoms. The fraction of sp³-hybridized carbons (Fsp3) is 0.278. The van der Waals surface area contributed by atoms with Crippen LogP contribution in [0.5, 0.6) is 11.6 Å². The zero-order valence-corrected chi connectivity index (χ0v) is 18.5. The minimum atomic E-state index is -0.727. The van der Waals surface area contributed by atoms with Crippen molar-refractivity contribution >= 4 is 35.0 Å². The molecule has 3 rings (SSSR count). The van der Waals surface area contributed by atoms with Gasteiger partial charge in [-0.1, -0.05) is 37.0 Å². The van der Waals surface area contributed by atoms with Gasteiger partial charge >= 0.3 is 5.69 Å². The molecule has 158 valence electrons. The quantitative estimate of drug-likeness (QED) is 0.568. The average Bonchev–Trinajstić information content (AvgIpc) is 2.67. The molecule has 0 aliphatic rings. The van der Waals surface area contributed by atoms with E-state index in [-0.39, 0.29) is 44.5 Å². The van der Waals surface area contributed by atoms with E-state index in [1.807, 2.05) is 20.1 Å². The Labute approximate surface area is 184 Å². The molecule has 12 heteroatoms. The fourth-order valence-corrected chi connectivity index (χ4v) is 3.61. The lowest BCUT2D eigenvalue weighted by atomic mass is 10.1. The molecule has 0 saturated carbocycles. The summed E-state index contributed by atoms with van der Waals surface area (Å²) in [5.74, 6) is 0.490. The van der Waals surface area contributed by atoms with Crippen LogP contribution >= 0.6 is 35.0 Å². The van der Waals surface area contributed by atoms with Gasteiger partial charge in [-0.15, -0.1) is 5.10 Å². The molecule has 0 atom stereocenters. The number of rotatable bonds is 6. The van der Waals surface area contributed by atoms with Crippen LogP contribution in [0, 0.1) is 0 Å². The number of aromatic nitrogens is 5. The molecule has 0 fully saturated rings. The summed E-state index contributed by atoms with van der Waals surface area (Å²) in [6.45, 7) is 3.73. The number of aromatic amines is 2. The molecular formula is C18H17Cl2N5O4S. The van der Waals surface area contributed by atoms with Crippen molar-refractivity contribution < 1.29 is 4.74 Å². The highest BCUT2D eigenvalue weighted by molar-refractivity contribution is 7.97. The number of nitrogens with one attached hydrogen (secondary N) is 2. The molecule has 0 aliphatic carbocycles. The van der Waals surface area contributed by atoms with E-state index in [1.54, 1.807) is 0 Å². The third-order valence-corrected chi connectivity index (χ3v) is 5.17. The zero-order chi connectivity index (χ0) is 22.0. The minimum absolute atomic E-state index is 0.0407. The van der Waals surface area contributed by atoms with Crippen LogP contribution in [0.15, 0.2) is 32.6 Å². The van der Waals surface area contributed by atoms with Crippen LogP contribution in [-0.4, -0.2) is 31.2 Å². The number of nitrogens with zero attached hydrogens (tertiary/aromatic N) is 3. The number of hydrogen-bond donors (Lipinski definition) is 2. The predicted molar refractivity (Wildman–Crippen MR) is 117 cm³/mol. The summed E-state index contributed by atoms with van der Waals surface area (Å²) >= 11 is 14.0. The molecule has 0 unspecified atom stereocenters. The first kappa shape index (κ1) is 22.1. The van der Waals surface area contributed by atoms with Gasteiger partial charge in [0.1, 0.15) is 5.69 Å². The van der Waals surface area contributed by atoms with Gasteiger partial charge in [0.05, 0.1) is 15.7 Å². The van der Waals surface area contributed by atoms with Crippen molar-refractivity contribution in [1.82, 2.24) is 25.0 Å². The standard InChI is InChI=1S/C18H17Cl2N5O4S/c1-8(2)10-6-14(22-23-16(10)26)29-15-11(19)4-9(5-12(15)20)25-18(28)21-17(27)13(24-25)7-30-3/h4-6,8H,7H2,1-3H3,(H,23,26)(H,21,27,28). The Balaban J connectivity index is 2.02. The number of ether oxygens (including phenoxy) is 1.